The predicted molar refractivity (Wildman–Crippen MR) is 87.8 cm³/mol. The lowest BCUT2D eigenvalue weighted by atomic mass is 9.80. The van der Waals surface area contributed by atoms with Gasteiger partial charge in [-0.1, -0.05) is 0 Å². The highest BCUT2D eigenvalue weighted by molar-refractivity contribution is 5.97. The minimum atomic E-state index is -1.20. The van der Waals surface area contributed by atoms with E-state index in [1.54, 1.807) is 0 Å². The molecule has 1 aliphatic heterocycles. The van der Waals surface area contributed by atoms with Crippen LogP contribution in [0.5, 0.6) is 0 Å². The van der Waals surface area contributed by atoms with Gasteiger partial charge in [-0.3, -0.25) is 14.4 Å². The Bertz CT molecular complexity index is 690. The zero-order chi connectivity index (χ0) is 18.6. The Morgan fingerprint density at radius 3 is 2.72 bits per heavy atom. The van der Waals surface area contributed by atoms with Gasteiger partial charge >= 0.3 is 5.97 Å². The number of piperidine rings is 1. The zero-order valence-electron chi connectivity index (χ0n) is 14.2. The summed E-state index contributed by atoms with van der Waals surface area (Å²) >= 11 is 0. The molecule has 25 heavy (non-hydrogen) atoms. The molecule has 0 saturated carbocycles. The van der Waals surface area contributed by atoms with Crippen molar-refractivity contribution in [3.05, 3.63) is 29.6 Å². The van der Waals surface area contributed by atoms with Crippen LogP contribution in [0.15, 0.2) is 18.2 Å². The van der Waals surface area contributed by atoms with Crippen molar-refractivity contribution in [1.29, 1.82) is 0 Å². The molecule has 2 amide bonds. The maximum atomic E-state index is 14.1. The Morgan fingerprint density at radius 2 is 2.12 bits per heavy atom. The number of likely N-dealkylation sites (tertiary alicyclic amines) is 1. The summed E-state index contributed by atoms with van der Waals surface area (Å²) in [6.07, 6.45) is 0.864. The van der Waals surface area contributed by atoms with Gasteiger partial charge in [0.1, 0.15) is 11.2 Å². The molecule has 1 aromatic rings. The lowest BCUT2D eigenvalue weighted by Crippen LogP contribution is -2.52. The number of hydrogen-bond acceptors (Lipinski definition) is 4. The minimum Gasteiger partial charge on any atom is -0.481 e. The first-order valence-corrected chi connectivity index (χ1v) is 7.88. The third-order valence-electron chi connectivity index (χ3n) is 4.26. The van der Waals surface area contributed by atoms with Crippen molar-refractivity contribution in [1.82, 2.24) is 4.90 Å². The van der Waals surface area contributed by atoms with E-state index in [9.17, 15) is 23.9 Å². The molecule has 1 atom stereocenters. The van der Waals surface area contributed by atoms with Gasteiger partial charge in [-0.05, 0) is 31.0 Å². The van der Waals surface area contributed by atoms with Crippen molar-refractivity contribution in [3.63, 3.8) is 0 Å². The summed E-state index contributed by atoms with van der Waals surface area (Å²) in [6.45, 7) is 1.56. The number of carbonyl (C=O) groups is 3. The van der Waals surface area contributed by atoms with E-state index in [0.717, 1.165) is 6.07 Å². The standard InChI is InChI=1S/C17H21FN2O5/c1-11(21)19-12-4-5-14(18)13(8-12)15(22)20-7-3-6-17(9-20,10-25-2)16(23)24/h4-5,8H,3,6-7,9-10H2,1-2H3,(H,19,21)(H,23,24). The number of nitrogens with one attached hydrogen (secondary N) is 1. The van der Waals surface area contributed by atoms with E-state index < -0.39 is 23.1 Å². The SMILES string of the molecule is COCC1(C(=O)O)CCCN(C(=O)c2cc(NC(C)=O)ccc2F)C1. The van der Waals surface area contributed by atoms with Crippen LogP contribution in [0.1, 0.15) is 30.1 Å². The van der Waals surface area contributed by atoms with Crippen LogP contribution in [0.3, 0.4) is 0 Å². The van der Waals surface area contributed by atoms with Crippen LogP contribution in [0, 0.1) is 11.2 Å². The number of halogens is 1. The number of ether oxygens (including phenoxy) is 1. The van der Waals surface area contributed by atoms with E-state index in [2.05, 4.69) is 5.32 Å². The molecule has 1 heterocycles. The number of carbonyl (C=O) groups excluding carboxylic acids is 2. The number of aliphatic carboxylic acids is 1. The molecule has 0 aliphatic carbocycles. The molecular formula is C17H21FN2O5. The maximum Gasteiger partial charge on any atom is 0.313 e. The van der Waals surface area contributed by atoms with Crippen molar-refractivity contribution in [2.75, 3.05) is 32.1 Å². The van der Waals surface area contributed by atoms with Crippen LogP contribution >= 0.6 is 0 Å². The number of hydrogen-bond donors (Lipinski definition) is 2. The van der Waals surface area contributed by atoms with Crippen LogP contribution in [-0.4, -0.2) is 54.6 Å². The van der Waals surface area contributed by atoms with Crippen molar-refractivity contribution >= 4 is 23.5 Å². The number of methoxy groups -OCH3 is 1. The van der Waals surface area contributed by atoms with E-state index in [1.165, 1.54) is 31.1 Å². The molecule has 7 nitrogen and oxygen atoms in total. The van der Waals surface area contributed by atoms with Gasteiger partial charge in [-0.25, -0.2) is 4.39 Å². The number of amides is 2. The Morgan fingerprint density at radius 1 is 1.40 bits per heavy atom. The normalized spacial score (nSPS) is 20.2. The molecular weight excluding hydrogens is 331 g/mol. The molecule has 0 aromatic heterocycles. The number of carboxylic acids is 1. The third kappa shape index (κ3) is 4.14. The van der Waals surface area contributed by atoms with Gasteiger partial charge in [0.2, 0.25) is 5.91 Å². The Balaban J connectivity index is 2.27. The van der Waals surface area contributed by atoms with Gasteiger partial charge in [-0.15, -0.1) is 0 Å². The van der Waals surface area contributed by atoms with Crippen molar-refractivity contribution in [2.45, 2.75) is 19.8 Å². The fourth-order valence-electron chi connectivity index (χ4n) is 3.08. The minimum absolute atomic E-state index is 0.0273. The lowest BCUT2D eigenvalue weighted by molar-refractivity contribution is -0.155. The van der Waals surface area contributed by atoms with Gasteiger partial charge in [-0.2, -0.15) is 0 Å². The Hall–Kier alpha value is -2.48. The molecule has 2 N–H and O–H groups in total. The monoisotopic (exact) mass is 352 g/mol. The molecule has 1 aliphatic rings. The summed E-state index contributed by atoms with van der Waals surface area (Å²) in [5.41, 5.74) is -1.10. The van der Waals surface area contributed by atoms with Crippen LogP contribution < -0.4 is 5.32 Å². The summed E-state index contributed by atoms with van der Waals surface area (Å²) in [7, 11) is 1.40. The summed E-state index contributed by atoms with van der Waals surface area (Å²) in [4.78, 5) is 36.8. The fourth-order valence-corrected chi connectivity index (χ4v) is 3.08. The molecule has 1 fully saturated rings. The molecule has 1 unspecified atom stereocenters. The zero-order valence-corrected chi connectivity index (χ0v) is 14.2. The van der Waals surface area contributed by atoms with Gasteiger partial charge in [0.15, 0.2) is 0 Å². The average Bonchev–Trinajstić information content (AvgIpc) is 2.56. The topological polar surface area (TPSA) is 95.9 Å². The second-order valence-corrected chi connectivity index (χ2v) is 6.22. The first kappa shape index (κ1) is 18.9. The number of carboxylic acid groups (broad SMARTS) is 1. The summed E-state index contributed by atoms with van der Waals surface area (Å²) in [6, 6.07) is 3.71. The van der Waals surface area contributed by atoms with E-state index in [4.69, 9.17) is 4.74 Å². The van der Waals surface area contributed by atoms with Crippen molar-refractivity contribution < 1.29 is 28.6 Å². The molecule has 0 bridgehead atoms. The quantitative estimate of drug-likeness (QED) is 0.841. The molecule has 0 spiro atoms. The first-order valence-electron chi connectivity index (χ1n) is 7.88. The van der Waals surface area contributed by atoms with Gasteiger partial charge in [0.25, 0.3) is 5.91 Å². The molecule has 1 saturated heterocycles. The largest absolute Gasteiger partial charge is 0.481 e. The highest BCUT2D eigenvalue weighted by Crippen LogP contribution is 2.32. The lowest BCUT2D eigenvalue weighted by Gasteiger charge is -2.39. The average molecular weight is 352 g/mol. The van der Waals surface area contributed by atoms with Gasteiger partial charge in [0.05, 0.1) is 12.2 Å². The molecule has 0 radical (unpaired) electrons. The third-order valence-corrected chi connectivity index (χ3v) is 4.26. The van der Waals surface area contributed by atoms with Gasteiger partial charge < -0.3 is 20.1 Å². The number of anilines is 1. The molecule has 1 aromatic carbocycles. The summed E-state index contributed by atoms with van der Waals surface area (Å²) < 4.78 is 19.1. The van der Waals surface area contributed by atoms with Crippen LogP contribution in [0.25, 0.3) is 0 Å². The number of nitrogens with zero attached hydrogens (tertiary/aromatic N) is 1. The summed E-state index contributed by atoms with van der Waals surface area (Å²) in [5.74, 6) is -2.71. The predicted octanol–water partition coefficient (Wildman–Crippen LogP) is 1.74. The highest BCUT2D eigenvalue weighted by atomic mass is 19.1. The van der Waals surface area contributed by atoms with Gasteiger partial charge in [0, 0.05) is 32.8 Å². The number of benzene rings is 1. The van der Waals surface area contributed by atoms with E-state index >= 15 is 0 Å². The molecule has 8 heteroatoms. The smallest absolute Gasteiger partial charge is 0.313 e. The second-order valence-electron chi connectivity index (χ2n) is 6.22. The second kappa shape index (κ2) is 7.60. The van der Waals surface area contributed by atoms with Crippen LogP contribution in [0.4, 0.5) is 10.1 Å². The highest BCUT2D eigenvalue weighted by Gasteiger charge is 2.44. The summed E-state index contributed by atoms with van der Waals surface area (Å²) in [5, 5.41) is 12.0. The van der Waals surface area contributed by atoms with Crippen LogP contribution in [-0.2, 0) is 14.3 Å². The first-order chi connectivity index (χ1) is 11.8. The van der Waals surface area contributed by atoms with E-state index in [1.807, 2.05) is 0 Å². The van der Waals surface area contributed by atoms with E-state index in [0.29, 0.717) is 25.1 Å². The Labute approximate surface area is 144 Å². The fraction of sp³-hybridized carbons (Fsp3) is 0.471. The maximum absolute atomic E-state index is 14.1. The Kier molecular flexibility index (Phi) is 5.73. The number of rotatable bonds is 5. The van der Waals surface area contributed by atoms with E-state index in [-0.39, 0.29) is 24.6 Å². The van der Waals surface area contributed by atoms with Crippen molar-refractivity contribution in [2.24, 2.45) is 5.41 Å². The molecule has 136 valence electrons. The van der Waals surface area contributed by atoms with Crippen molar-refractivity contribution in [3.8, 4) is 0 Å². The molecule has 2 rings (SSSR count). The van der Waals surface area contributed by atoms with Crippen LogP contribution in [0.2, 0.25) is 0 Å².